The van der Waals surface area contributed by atoms with Gasteiger partial charge in [-0.3, -0.25) is 19.3 Å². The molecule has 0 unspecified atom stereocenters. The fraction of sp³-hybridized carbons (Fsp3) is 0.261. The second-order valence-corrected chi connectivity index (χ2v) is 8.51. The van der Waals surface area contributed by atoms with Crippen molar-refractivity contribution in [2.45, 2.75) is 25.0 Å². The molecule has 1 aromatic heterocycles. The van der Waals surface area contributed by atoms with Gasteiger partial charge in [-0.2, -0.15) is 0 Å². The quantitative estimate of drug-likeness (QED) is 0.422. The Labute approximate surface area is 195 Å². The smallest absolute Gasteiger partial charge is 0.265 e. The minimum Gasteiger partial charge on any atom is -0.482 e. The lowest BCUT2D eigenvalue weighted by Gasteiger charge is -2.33. The van der Waals surface area contributed by atoms with E-state index in [9.17, 15) is 14.4 Å². The number of ketones is 1. The number of carbonyl (C=O) groups is 3. The maximum Gasteiger partial charge on any atom is 0.265 e. The van der Waals surface area contributed by atoms with Crippen LogP contribution in [0.15, 0.2) is 53.7 Å². The van der Waals surface area contributed by atoms with Crippen LogP contribution in [0, 0.1) is 0 Å². The molecule has 1 N–H and O–H groups in total. The van der Waals surface area contributed by atoms with E-state index >= 15 is 0 Å². The standard InChI is InChI=1S/C23H23N5O4S/c1-14(28-18-9-4-5-10-19(18)32-12-21(28)31)22-25-26-23(27(22)3)33-13-20(30)24-17-8-6-7-16(11-17)15(2)29/h4-11,14H,12-13H2,1-3H3,(H,24,30)/t14-/m1/s1. The predicted octanol–water partition coefficient (Wildman–Crippen LogP) is 3.24. The van der Waals surface area contributed by atoms with Gasteiger partial charge in [0.2, 0.25) is 5.91 Å². The van der Waals surface area contributed by atoms with Crippen molar-refractivity contribution in [3.63, 3.8) is 0 Å². The predicted molar refractivity (Wildman–Crippen MR) is 125 cm³/mol. The molecule has 1 aliphatic rings. The number of rotatable bonds is 7. The Morgan fingerprint density at radius 2 is 1.97 bits per heavy atom. The molecule has 2 heterocycles. The van der Waals surface area contributed by atoms with Gasteiger partial charge < -0.3 is 14.6 Å². The highest BCUT2D eigenvalue weighted by Crippen LogP contribution is 2.37. The molecule has 0 saturated heterocycles. The van der Waals surface area contributed by atoms with Crippen molar-refractivity contribution < 1.29 is 19.1 Å². The summed E-state index contributed by atoms with van der Waals surface area (Å²) in [5.41, 5.74) is 1.78. The number of ether oxygens (including phenoxy) is 1. The zero-order chi connectivity index (χ0) is 23.5. The van der Waals surface area contributed by atoms with Crippen molar-refractivity contribution in [3.05, 3.63) is 59.9 Å². The third-order valence-electron chi connectivity index (χ3n) is 5.26. The van der Waals surface area contributed by atoms with E-state index in [2.05, 4.69) is 15.5 Å². The largest absolute Gasteiger partial charge is 0.482 e. The first-order chi connectivity index (χ1) is 15.8. The first-order valence-electron chi connectivity index (χ1n) is 10.3. The molecule has 170 valence electrons. The van der Waals surface area contributed by atoms with Crippen LogP contribution in [-0.4, -0.2) is 44.7 Å². The lowest BCUT2D eigenvalue weighted by atomic mass is 10.1. The number of hydrogen-bond donors (Lipinski definition) is 1. The second-order valence-electron chi connectivity index (χ2n) is 7.57. The van der Waals surface area contributed by atoms with Crippen molar-refractivity contribution in [2.75, 3.05) is 22.6 Å². The number of aromatic nitrogens is 3. The van der Waals surface area contributed by atoms with Crippen LogP contribution < -0.4 is 15.0 Å². The van der Waals surface area contributed by atoms with Gasteiger partial charge in [0.1, 0.15) is 5.75 Å². The molecule has 9 nitrogen and oxygen atoms in total. The summed E-state index contributed by atoms with van der Waals surface area (Å²) in [5, 5.41) is 11.8. The molecule has 2 amide bonds. The molecule has 0 radical (unpaired) electrons. The van der Waals surface area contributed by atoms with Crippen molar-refractivity contribution in [1.82, 2.24) is 14.8 Å². The molecular weight excluding hydrogens is 442 g/mol. The fourth-order valence-electron chi connectivity index (χ4n) is 3.62. The zero-order valence-electron chi connectivity index (χ0n) is 18.4. The Bertz CT molecular complexity index is 1230. The summed E-state index contributed by atoms with van der Waals surface area (Å²) in [6, 6.07) is 13.8. The molecule has 0 spiro atoms. The SMILES string of the molecule is CC(=O)c1cccc(NC(=O)CSc2nnc([C@@H](C)N3C(=O)COc4ccccc43)n2C)c1. The number of hydrogen-bond acceptors (Lipinski definition) is 7. The number of nitrogens with zero attached hydrogens (tertiary/aromatic N) is 4. The number of carbonyl (C=O) groups excluding carboxylic acids is 3. The van der Waals surface area contributed by atoms with E-state index < -0.39 is 0 Å². The summed E-state index contributed by atoms with van der Waals surface area (Å²) in [6.45, 7) is 3.32. The lowest BCUT2D eigenvalue weighted by molar-refractivity contribution is -0.121. The average Bonchev–Trinajstić information content (AvgIpc) is 3.17. The maximum atomic E-state index is 12.6. The summed E-state index contributed by atoms with van der Waals surface area (Å²) in [6.07, 6.45) is 0. The van der Waals surface area contributed by atoms with Crippen molar-refractivity contribution in [3.8, 4) is 5.75 Å². The Morgan fingerprint density at radius 1 is 1.18 bits per heavy atom. The second kappa shape index (κ2) is 9.45. The molecule has 0 fully saturated rings. The Morgan fingerprint density at radius 3 is 2.76 bits per heavy atom. The lowest BCUT2D eigenvalue weighted by Crippen LogP contribution is -2.41. The summed E-state index contributed by atoms with van der Waals surface area (Å²) < 4.78 is 7.30. The van der Waals surface area contributed by atoms with Gasteiger partial charge in [-0.1, -0.05) is 36.0 Å². The number of nitrogens with one attached hydrogen (secondary N) is 1. The molecule has 1 atom stereocenters. The molecule has 3 aromatic rings. The van der Waals surface area contributed by atoms with Crippen LogP contribution in [0.4, 0.5) is 11.4 Å². The maximum absolute atomic E-state index is 12.6. The van der Waals surface area contributed by atoms with Gasteiger partial charge in [-0.15, -0.1) is 10.2 Å². The van der Waals surface area contributed by atoms with E-state index in [1.54, 1.807) is 40.8 Å². The number of benzene rings is 2. The van der Waals surface area contributed by atoms with Crippen molar-refractivity contribution in [2.24, 2.45) is 7.05 Å². The van der Waals surface area contributed by atoms with Crippen molar-refractivity contribution >= 4 is 40.7 Å². The molecular formula is C23H23N5O4S. The van der Waals surface area contributed by atoms with Crippen LogP contribution in [0.5, 0.6) is 5.75 Å². The monoisotopic (exact) mass is 465 g/mol. The number of Topliss-reactive ketones (excluding diaryl/α,β-unsaturated/α-hetero) is 1. The Balaban J connectivity index is 1.44. The highest BCUT2D eigenvalue weighted by molar-refractivity contribution is 7.99. The first kappa shape index (κ1) is 22.5. The topological polar surface area (TPSA) is 106 Å². The summed E-state index contributed by atoms with van der Waals surface area (Å²) in [5.74, 6) is 0.899. The van der Waals surface area contributed by atoms with Crippen molar-refractivity contribution in [1.29, 1.82) is 0 Å². The number of fused-ring (bicyclic) bond motifs is 1. The average molecular weight is 466 g/mol. The highest BCUT2D eigenvalue weighted by atomic mass is 32.2. The van der Waals surface area contributed by atoms with Crippen LogP contribution in [0.3, 0.4) is 0 Å². The molecule has 0 bridgehead atoms. The van der Waals surface area contributed by atoms with Gasteiger partial charge >= 0.3 is 0 Å². The minimum absolute atomic E-state index is 0.0359. The van der Waals surface area contributed by atoms with Gasteiger partial charge in [0, 0.05) is 18.3 Å². The van der Waals surface area contributed by atoms with Crippen LogP contribution in [0.1, 0.15) is 36.1 Å². The van der Waals surface area contributed by atoms with E-state index in [1.165, 1.54) is 18.7 Å². The van der Waals surface area contributed by atoms with E-state index in [0.29, 0.717) is 33.7 Å². The van der Waals surface area contributed by atoms with Crippen LogP contribution >= 0.6 is 11.8 Å². The first-order valence-corrected chi connectivity index (χ1v) is 11.3. The summed E-state index contributed by atoms with van der Waals surface area (Å²) in [7, 11) is 1.80. The van der Waals surface area contributed by atoms with Gasteiger partial charge in [0.05, 0.1) is 17.5 Å². The molecule has 4 rings (SSSR count). The Kier molecular flexibility index (Phi) is 6.45. The molecule has 1 aliphatic heterocycles. The minimum atomic E-state index is -0.377. The summed E-state index contributed by atoms with van der Waals surface area (Å²) >= 11 is 1.24. The van der Waals surface area contributed by atoms with Gasteiger partial charge in [0.25, 0.3) is 5.91 Å². The van der Waals surface area contributed by atoms with Gasteiger partial charge in [-0.05, 0) is 38.1 Å². The third-order valence-corrected chi connectivity index (χ3v) is 6.28. The number of thioether (sulfide) groups is 1. The van der Waals surface area contributed by atoms with E-state index in [1.807, 2.05) is 31.2 Å². The van der Waals surface area contributed by atoms with E-state index in [4.69, 9.17) is 4.74 Å². The van der Waals surface area contributed by atoms with Gasteiger partial charge in [-0.25, -0.2) is 0 Å². The van der Waals surface area contributed by atoms with Crippen LogP contribution in [-0.2, 0) is 16.6 Å². The zero-order valence-corrected chi connectivity index (χ0v) is 19.3. The number of anilines is 2. The Hall–Kier alpha value is -3.66. The third kappa shape index (κ3) is 4.75. The highest BCUT2D eigenvalue weighted by Gasteiger charge is 2.32. The van der Waals surface area contributed by atoms with E-state index in [0.717, 1.165) is 0 Å². The normalized spacial score (nSPS) is 13.8. The van der Waals surface area contributed by atoms with Gasteiger partial charge in [0.15, 0.2) is 23.4 Å². The molecule has 0 aliphatic carbocycles. The fourth-order valence-corrected chi connectivity index (χ4v) is 4.34. The molecule has 33 heavy (non-hydrogen) atoms. The number of amides is 2. The van der Waals surface area contributed by atoms with Crippen LogP contribution in [0.25, 0.3) is 0 Å². The summed E-state index contributed by atoms with van der Waals surface area (Å²) in [4.78, 5) is 38.2. The molecule has 10 heteroatoms. The molecule has 2 aromatic carbocycles. The molecule has 0 saturated carbocycles. The van der Waals surface area contributed by atoms with Crippen LogP contribution in [0.2, 0.25) is 0 Å². The van der Waals surface area contributed by atoms with E-state index in [-0.39, 0.29) is 36.0 Å². The number of para-hydroxylation sites is 2.